The van der Waals surface area contributed by atoms with Gasteiger partial charge in [-0.3, -0.25) is 9.97 Å². The molecule has 10 aromatic heterocycles. The van der Waals surface area contributed by atoms with Crippen LogP contribution in [0.1, 0.15) is 0 Å². The van der Waals surface area contributed by atoms with Gasteiger partial charge in [0.15, 0.2) is 0 Å². The molecule has 0 atom stereocenters. The third-order valence-corrected chi connectivity index (χ3v) is 20.8. The van der Waals surface area contributed by atoms with Gasteiger partial charge < -0.3 is 19.1 Å². The smallest absolute Gasteiger partial charge is 0.346 e. The van der Waals surface area contributed by atoms with E-state index in [-0.39, 0.29) is 42.1 Å². The summed E-state index contributed by atoms with van der Waals surface area (Å²) in [6.07, 6.45) is 3.66. The summed E-state index contributed by atoms with van der Waals surface area (Å²) in [5, 5.41) is 23.8. The van der Waals surface area contributed by atoms with Gasteiger partial charge in [-0.05, 0) is 199 Å². The van der Waals surface area contributed by atoms with Crippen molar-refractivity contribution in [1.82, 2.24) is 29.1 Å². The molecular formula is C76H42N6Pt2S6. The third-order valence-electron chi connectivity index (χ3n) is 15.9. The van der Waals surface area contributed by atoms with Crippen molar-refractivity contribution >= 4 is 132 Å². The third kappa shape index (κ3) is 10.8. The number of aromatic nitrogens is 6. The number of thiazole rings is 2. The van der Waals surface area contributed by atoms with Crippen LogP contribution in [0.5, 0.6) is 0 Å². The number of benzene rings is 8. The van der Waals surface area contributed by atoms with Gasteiger partial charge in [0, 0.05) is 42.8 Å². The van der Waals surface area contributed by atoms with Crippen LogP contribution in [0.3, 0.4) is 0 Å². The van der Waals surface area contributed by atoms with Crippen molar-refractivity contribution in [2.75, 3.05) is 0 Å². The molecule has 0 unspecified atom stereocenters. The van der Waals surface area contributed by atoms with Crippen LogP contribution in [-0.2, 0) is 42.1 Å². The molecule has 18 rings (SSSR count). The Morgan fingerprint density at radius 1 is 0.322 bits per heavy atom. The van der Waals surface area contributed by atoms with Gasteiger partial charge in [-0.25, -0.2) is 0 Å². The maximum Gasteiger partial charge on any atom is 2.00 e. The zero-order chi connectivity index (χ0) is 58.1. The van der Waals surface area contributed by atoms with Crippen molar-refractivity contribution in [2.24, 2.45) is 0 Å². The summed E-state index contributed by atoms with van der Waals surface area (Å²) in [4.78, 5) is 19.4. The normalized spacial score (nSPS) is 11.4. The van der Waals surface area contributed by atoms with E-state index in [0.717, 1.165) is 104 Å². The molecule has 0 aliphatic carbocycles. The predicted octanol–water partition coefficient (Wildman–Crippen LogP) is 22.4. The van der Waals surface area contributed by atoms with Gasteiger partial charge >= 0.3 is 42.1 Å². The summed E-state index contributed by atoms with van der Waals surface area (Å²) in [5.74, 6) is 0. The maximum atomic E-state index is 5.08. The maximum absolute atomic E-state index is 5.08. The summed E-state index contributed by atoms with van der Waals surface area (Å²) in [6, 6.07) is 83.4. The molecule has 0 aliphatic heterocycles. The molecule has 432 valence electrons. The zero-order valence-corrected chi connectivity index (χ0v) is 56.5. The SMILES string of the molecule is [Pt+2].[Pt+2].[c-]1c(-c2ccccn2)cc(-c2ccsc2)cc1-n1c2[c-]c(-c3nc4ccc(-c5ccsc5)cc4s3)ccc2c2ccccc21.[c-]1c(-c2ccccn2)cccc1-n1c2[c-]c(-c3nc4cc(-c5ccsc5)ccc4s3)ccc2c2cc(-c3ccsc3)ccc21. The Labute approximate surface area is 570 Å². The molecule has 0 amide bonds. The number of para-hydroxylation sites is 1. The Bertz CT molecular complexity index is 5580. The van der Waals surface area contributed by atoms with Gasteiger partial charge in [-0.15, -0.1) is 101 Å². The standard InChI is InChI=1S/2C38H21N3S3.2Pt/c1-2-15-39-33(6-1)26-4-3-5-30(18-26)41-35-11-8-24(28-13-16-42-22-28)19-32(35)31-10-7-27(21-36(31)41)38-40-34-20-25(9-12-37(34)44-38)29-14-17-43-23-29;1-2-7-35-31(5-1)32-10-8-25(38-40-34-11-9-24(21-37(34)44-38)26-12-15-42-22-26)20-36(32)41(35)30-18-28(27-13-16-43-23-27)17-29(19-30)33-6-3-4-14-39-33;;/h1-17,19-20,22-23H;1-18,21-23H;;/q2*-2;2*+2. The summed E-state index contributed by atoms with van der Waals surface area (Å²) in [6.45, 7) is 0. The second-order valence-corrected chi connectivity index (χ2v) is 26.4. The molecule has 10 heterocycles. The number of hydrogen-bond acceptors (Lipinski definition) is 10. The van der Waals surface area contributed by atoms with Gasteiger partial charge in [-0.2, -0.15) is 68.0 Å². The Kier molecular flexibility index (Phi) is 16.0. The van der Waals surface area contributed by atoms with E-state index < -0.39 is 0 Å². The van der Waals surface area contributed by atoms with Crippen molar-refractivity contribution in [1.29, 1.82) is 0 Å². The fraction of sp³-hybridized carbons (Fsp3) is 0. The van der Waals surface area contributed by atoms with E-state index in [1.165, 1.54) is 59.1 Å². The Morgan fingerprint density at radius 3 is 1.52 bits per heavy atom. The van der Waals surface area contributed by atoms with Gasteiger partial charge in [0.25, 0.3) is 0 Å². The van der Waals surface area contributed by atoms with E-state index in [1.54, 1.807) is 68.0 Å². The second kappa shape index (κ2) is 24.8. The Balaban J connectivity index is 0.000000147. The number of thiophene rings is 4. The molecule has 8 aromatic carbocycles. The van der Waals surface area contributed by atoms with E-state index >= 15 is 0 Å². The van der Waals surface area contributed by atoms with Crippen LogP contribution in [0.2, 0.25) is 0 Å². The minimum Gasteiger partial charge on any atom is -0.346 e. The number of rotatable bonds is 10. The molecule has 6 nitrogen and oxygen atoms in total. The van der Waals surface area contributed by atoms with Crippen molar-refractivity contribution in [3.05, 3.63) is 274 Å². The van der Waals surface area contributed by atoms with Crippen LogP contribution < -0.4 is 0 Å². The number of pyridine rings is 2. The zero-order valence-electron chi connectivity index (χ0n) is 47.0. The van der Waals surface area contributed by atoms with Crippen LogP contribution in [0.4, 0.5) is 0 Å². The fourth-order valence-electron chi connectivity index (χ4n) is 11.7. The first-order chi connectivity index (χ1) is 43.6. The van der Waals surface area contributed by atoms with Gasteiger partial charge in [0.1, 0.15) is 0 Å². The van der Waals surface area contributed by atoms with E-state index in [0.29, 0.717) is 0 Å². The van der Waals surface area contributed by atoms with Crippen LogP contribution in [0.25, 0.3) is 164 Å². The quantitative estimate of drug-likeness (QED) is 0.128. The molecular weight excluding hydrogens is 1580 g/mol. The Hall–Kier alpha value is -8.38. The minimum absolute atomic E-state index is 0. The largest absolute Gasteiger partial charge is 2.00 e. The van der Waals surface area contributed by atoms with E-state index in [9.17, 15) is 0 Å². The second-order valence-electron chi connectivity index (χ2n) is 21.2. The molecule has 0 saturated heterocycles. The van der Waals surface area contributed by atoms with Crippen LogP contribution in [0, 0.1) is 24.3 Å². The van der Waals surface area contributed by atoms with Crippen LogP contribution in [0.15, 0.2) is 250 Å². The molecule has 0 spiro atoms. The average molecular weight is 1620 g/mol. The fourth-order valence-corrected chi connectivity index (χ4v) is 16.3. The number of nitrogens with zero attached hydrogens (tertiary/aromatic N) is 6. The van der Waals surface area contributed by atoms with Crippen LogP contribution in [-0.4, -0.2) is 29.1 Å². The molecule has 0 aliphatic rings. The van der Waals surface area contributed by atoms with E-state index in [4.69, 9.17) is 9.97 Å². The molecule has 14 heteroatoms. The molecule has 18 aromatic rings. The van der Waals surface area contributed by atoms with E-state index in [1.807, 2.05) is 48.8 Å². The van der Waals surface area contributed by atoms with E-state index in [2.05, 4.69) is 244 Å². The summed E-state index contributed by atoms with van der Waals surface area (Å²) < 4.78 is 6.91. The monoisotopic (exact) mass is 1620 g/mol. The van der Waals surface area contributed by atoms with Gasteiger partial charge in [0.05, 0.1) is 11.0 Å². The molecule has 0 fully saturated rings. The number of hydrogen-bond donors (Lipinski definition) is 0. The van der Waals surface area contributed by atoms with Crippen molar-refractivity contribution in [3.8, 4) is 99.5 Å². The van der Waals surface area contributed by atoms with Crippen molar-refractivity contribution in [3.63, 3.8) is 0 Å². The first-order valence-electron chi connectivity index (χ1n) is 28.4. The van der Waals surface area contributed by atoms with Gasteiger partial charge in [-0.1, -0.05) is 83.1 Å². The Morgan fingerprint density at radius 2 is 0.867 bits per heavy atom. The molecule has 0 N–H and O–H groups in total. The molecule has 0 radical (unpaired) electrons. The van der Waals surface area contributed by atoms with Crippen molar-refractivity contribution < 1.29 is 42.1 Å². The van der Waals surface area contributed by atoms with Crippen LogP contribution >= 0.6 is 68.0 Å². The summed E-state index contributed by atoms with van der Waals surface area (Å²) in [5.41, 5.74) is 23.5. The molecule has 0 saturated carbocycles. The summed E-state index contributed by atoms with van der Waals surface area (Å²) >= 11 is 10.3. The summed E-state index contributed by atoms with van der Waals surface area (Å²) in [7, 11) is 0. The first-order valence-corrected chi connectivity index (χ1v) is 33.8. The first kappa shape index (κ1) is 58.0. The molecule has 90 heavy (non-hydrogen) atoms. The minimum atomic E-state index is 0. The number of fused-ring (bicyclic) bond motifs is 8. The van der Waals surface area contributed by atoms with Gasteiger partial charge in [0.2, 0.25) is 0 Å². The average Bonchev–Trinajstić information content (AvgIpc) is 1.61. The predicted molar refractivity (Wildman–Crippen MR) is 374 cm³/mol. The van der Waals surface area contributed by atoms with Crippen molar-refractivity contribution in [2.45, 2.75) is 0 Å². The molecule has 0 bridgehead atoms. The topological polar surface area (TPSA) is 61.4 Å².